The fraction of sp³-hybridized carbons (Fsp3) is 0.316. The van der Waals surface area contributed by atoms with Gasteiger partial charge in [-0.25, -0.2) is 0 Å². The zero-order chi connectivity index (χ0) is 19.3. The van der Waals surface area contributed by atoms with Gasteiger partial charge in [0.25, 0.3) is 5.91 Å². The van der Waals surface area contributed by atoms with E-state index >= 15 is 0 Å². The molecule has 0 aliphatic rings. The molecule has 2 aromatic carbocycles. The van der Waals surface area contributed by atoms with Crippen molar-refractivity contribution < 1.29 is 17.4 Å². The number of hydrogen-bond donors (Lipinski definition) is 0. The van der Waals surface area contributed by atoms with Crippen LogP contribution >= 0.6 is 15.9 Å². The first kappa shape index (κ1) is 20.5. The topological polar surface area (TPSA) is 63.7 Å². The highest BCUT2D eigenvalue weighted by atomic mass is 79.9. The molecule has 0 saturated carbocycles. The number of carbonyl (C=O) groups excluding carboxylic acids is 1. The molecule has 0 spiro atoms. The van der Waals surface area contributed by atoms with Crippen LogP contribution in [0, 0.1) is 5.92 Å². The van der Waals surface area contributed by atoms with Crippen molar-refractivity contribution in [1.29, 1.82) is 0 Å². The zero-order valence-electron chi connectivity index (χ0n) is 15.0. The maximum absolute atomic E-state index is 12.9. The van der Waals surface area contributed by atoms with Gasteiger partial charge in [0.05, 0.1) is 6.26 Å². The first-order valence-corrected chi connectivity index (χ1v) is 10.8. The number of nitrogens with zero attached hydrogens (tertiary/aromatic N) is 1. The number of benzene rings is 2. The molecule has 5 nitrogen and oxygen atoms in total. The summed E-state index contributed by atoms with van der Waals surface area (Å²) < 4.78 is 28.1. The number of hydrogen-bond acceptors (Lipinski definition) is 4. The molecular weight excluding hydrogens is 418 g/mol. The van der Waals surface area contributed by atoms with Crippen molar-refractivity contribution >= 4 is 32.0 Å². The summed E-state index contributed by atoms with van der Waals surface area (Å²) in [6.07, 6.45) is 1.00. The van der Waals surface area contributed by atoms with E-state index in [4.69, 9.17) is 4.18 Å². The predicted molar refractivity (Wildman–Crippen MR) is 106 cm³/mol. The van der Waals surface area contributed by atoms with Crippen molar-refractivity contribution in [3.63, 3.8) is 0 Å². The predicted octanol–water partition coefficient (Wildman–Crippen LogP) is 4.09. The van der Waals surface area contributed by atoms with Crippen molar-refractivity contribution in [3.8, 4) is 5.75 Å². The third-order valence-corrected chi connectivity index (χ3v) is 4.48. The Hall–Kier alpha value is -1.86. The highest BCUT2D eigenvalue weighted by Gasteiger charge is 2.18. The summed E-state index contributed by atoms with van der Waals surface area (Å²) in [6.45, 7) is 5.17. The molecule has 26 heavy (non-hydrogen) atoms. The highest BCUT2D eigenvalue weighted by molar-refractivity contribution is 9.10. The Bertz CT molecular complexity index is 863. The van der Waals surface area contributed by atoms with Crippen LogP contribution in [0.4, 0.5) is 0 Å². The Kier molecular flexibility index (Phi) is 6.83. The number of carbonyl (C=O) groups is 1. The van der Waals surface area contributed by atoms with Crippen molar-refractivity contribution in [2.45, 2.75) is 20.4 Å². The molecule has 0 atom stereocenters. The average molecular weight is 440 g/mol. The molecule has 0 aromatic heterocycles. The normalized spacial score (nSPS) is 11.4. The van der Waals surface area contributed by atoms with Crippen LogP contribution in [0.3, 0.4) is 0 Å². The Morgan fingerprint density at radius 3 is 2.35 bits per heavy atom. The van der Waals surface area contributed by atoms with Gasteiger partial charge in [0.2, 0.25) is 0 Å². The number of halogens is 1. The summed E-state index contributed by atoms with van der Waals surface area (Å²) >= 11 is 3.40. The number of amides is 1. The fourth-order valence-corrected chi connectivity index (χ4v) is 3.37. The van der Waals surface area contributed by atoms with E-state index in [9.17, 15) is 13.2 Å². The summed E-state index contributed by atoms with van der Waals surface area (Å²) in [5.41, 5.74) is 1.52. The minimum absolute atomic E-state index is 0.0449. The van der Waals surface area contributed by atoms with Gasteiger partial charge in [0.15, 0.2) is 0 Å². The lowest BCUT2D eigenvalue weighted by Crippen LogP contribution is -2.33. The third-order valence-electron chi connectivity index (χ3n) is 3.49. The summed E-state index contributed by atoms with van der Waals surface area (Å²) in [5.74, 6) is 0.528. The maximum atomic E-state index is 12.9. The molecule has 0 N–H and O–H groups in total. The van der Waals surface area contributed by atoms with Gasteiger partial charge in [-0.1, -0.05) is 48.0 Å². The van der Waals surface area contributed by atoms with E-state index in [0.29, 0.717) is 24.6 Å². The monoisotopic (exact) mass is 439 g/mol. The quantitative estimate of drug-likeness (QED) is 0.609. The van der Waals surface area contributed by atoms with Crippen LogP contribution in [-0.4, -0.2) is 32.0 Å². The van der Waals surface area contributed by atoms with E-state index in [1.165, 1.54) is 0 Å². The van der Waals surface area contributed by atoms with Gasteiger partial charge in [0.1, 0.15) is 5.75 Å². The molecule has 2 rings (SSSR count). The third kappa shape index (κ3) is 6.46. The van der Waals surface area contributed by atoms with E-state index in [-0.39, 0.29) is 11.7 Å². The van der Waals surface area contributed by atoms with Crippen LogP contribution in [-0.2, 0) is 16.7 Å². The molecule has 0 radical (unpaired) electrons. The SMILES string of the molecule is CC(C)CN(Cc1ccc(OS(C)(=O)=O)cc1)C(=O)c1cccc(Br)c1. The minimum Gasteiger partial charge on any atom is -0.383 e. The molecule has 2 aromatic rings. The van der Waals surface area contributed by atoms with Gasteiger partial charge in [0, 0.05) is 23.1 Å². The first-order chi connectivity index (χ1) is 12.1. The van der Waals surface area contributed by atoms with Crippen LogP contribution < -0.4 is 4.18 Å². The summed E-state index contributed by atoms with van der Waals surface area (Å²) in [6, 6.07) is 14.0. The van der Waals surface area contributed by atoms with Crippen LogP contribution in [0.25, 0.3) is 0 Å². The Labute approximate surface area is 163 Å². The summed E-state index contributed by atoms with van der Waals surface area (Å²) in [4.78, 5) is 14.7. The van der Waals surface area contributed by atoms with Gasteiger partial charge < -0.3 is 9.08 Å². The second kappa shape index (κ2) is 8.68. The van der Waals surface area contributed by atoms with E-state index in [2.05, 4.69) is 29.8 Å². The van der Waals surface area contributed by atoms with Crippen molar-refractivity contribution in [2.75, 3.05) is 12.8 Å². The lowest BCUT2D eigenvalue weighted by atomic mass is 10.1. The van der Waals surface area contributed by atoms with Crippen molar-refractivity contribution in [2.24, 2.45) is 5.92 Å². The van der Waals surface area contributed by atoms with Crippen molar-refractivity contribution in [3.05, 3.63) is 64.1 Å². The van der Waals surface area contributed by atoms with Crippen LogP contribution in [0.1, 0.15) is 29.8 Å². The average Bonchev–Trinajstić information content (AvgIpc) is 2.53. The van der Waals surface area contributed by atoms with E-state index in [1.807, 2.05) is 12.1 Å². The Morgan fingerprint density at radius 2 is 1.81 bits per heavy atom. The van der Waals surface area contributed by atoms with Crippen molar-refractivity contribution in [1.82, 2.24) is 4.90 Å². The smallest absolute Gasteiger partial charge is 0.306 e. The molecule has 0 bridgehead atoms. The molecular formula is C19H22BrNO4S. The second-order valence-electron chi connectivity index (χ2n) is 6.52. The fourth-order valence-electron chi connectivity index (χ4n) is 2.51. The largest absolute Gasteiger partial charge is 0.383 e. The molecule has 1 amide bonds. The van der Waals surface area contributed by atoms with Gasteiger partial charge in [-0.05, 0) is 41.8 Å². The van der Waals surface area contributed by atoms with Gasteiger partial charge in [-0.3, -0.25) is 4.79 Å². The van der Waals surface area contributed by atoms with E-state index in [0.717, 1.165) is 16.3 Å². The van der Waals surface area contributed by atoms with Gasteiger partial charge >= 0.3 is 10.1 Å². The van der Waals surface area contributed by atoms with Crippen LogP contribution in [0.15, 0.2) is 53.0 Å². The van der Waals surface area contributed by atoms with E-state index in [1.54, 1.807) is 41.3 Å². The molecule has 0 aliphatic heterocycles. The molecule has 0 saturated heterocycles. The summed E-state index contributed by atoms with van der Waals surface area (Å²) in [5, 5.41) is 0. The first-order valence-electron chi connectivity index (χ1n) is 8.17. The minimum atomic E-state index is -3.55. The summed E-state index contributed by atoms with van der Waals surface area (Å²) in [7, 11) is -3.55. The van der Waals surface area contributed by atoms with Crippen LogP contribution in [0.5, 0.6) is 5.75 Å². The van der Waals surface area contributed by atoms with Gasteiger partial charge in [-0.15, -0.1) is 0 Å². The zero-order valence-corrected chi connectivity index (χ0v) is 17.4. The Morgan fingerprint density at radius 1 is 1.15 bits per heavy atom. The highest BCUT2D eigenvalue weighted by Crippen LogP contribution is 2.19. The molecule has 0 unspecified atom stereocenters. The van der Waals surface area contributed by atoms with Crippen LogP contribution in [0.2, 0.25) is 0 Å². The van der Waals surface area contributed by atoms with E-state index < -0.39 is 10.1 Å². The lowest BCUT2D eigenvalue weighted by Gasteiger charge is -2.25. The standard InChI is InChI=1S/C19H22BrNO4S/c1-14(2)12-21(19(22)16-5-4-6-17(20)11-16)13-15-7-9-18(10-8-15)25-26(3,23)24/h4-11,14H,12-13H2,1-3H3. The molecule has 0 heterocycles. The second-order valence-corrected chi connectivity index (χ2v) is 9.01. The Balaban J connectivity index is 2.18. The molecule has 0 aliphatic carbocycles. The molecule has 7 heteroatoms. The maximum Gasteiger partial charge on any atom is 0.306 e. The number of rotatable bonds is 7. The molecule has 0 fully saturated rings. The lowest BCUT2D eigenvalue weighted by molar-refractivity contribution is 0.0722. The molecule has 140 valence electrons. The van der Waals surface area contributed by atoms with Gasteiger partial charge in [-0.2, -0.15) is 8.42 Å².